The van der Waals surface area contributed by atoms with E-state index < -0.39 is 0 Å². The van der Waals surface area contributed by atoms with Crippen LogP contribution in [-0.2, 0) is 0 Å². The largest absolute Gasteiger partial charge is 0.387 e. The molecule has 2 N–H and O–H groups in total. The first kappa shape index (κ1) is 13.1. The van der Waals surface area contributed by atoms with Crippen molar-refractivity contribution in [2.24, 2.45) is 16.6 Å². The van der Waals surface area contributed by atoms with Crippen LogP contribution < -0.4 is 5.73 Å². The summed E-state index contributed by atoms with van der Waals surface area (Å²) in [6.45, 7) is 3.68. The lowest BCUT2D eigenvalue weighted by molar-refractivity contribution is 0.880. The number of amidine groups is 1. The van der Waals surface area contributed by atoms with E-state index in [2.05, 4.69) is 4.99 Å². The standard InChI is InChI=1S/C8H13Cl3N2/c1-5(3-9)7(11)13-8(12)6(2)4-10/h6H,3-4H2,1-2H3,(H2,12,13)/b7-5-. The summed E-state index contributed by atoms with van der Waals surface area (Å²) in [5, 5.41) is 0.351. The van der Waals surface area contributed by atoms with Gasteiger partial charge in [0.2, 0.25) is 0 Å². The van der Waals surface area contributed by atoms with E-state index in [0.29, 0.717) is 22.8 Å². The number of rotatable bonds is 4. The van der Waals surface area contributed by atoms with Crippen LogP contribution in [0.5, 0.6) is 0 Å². The van der Waals surface area contributed by atoms with Crippen LogP contribution in [0.25, 0.3) is 0 Å². The molecule has 0 aliphatic heterocycles. The lowest BCUT2D eigenvalue weighted by Gasteiger charge is -2.06. The third-order valence-corrected chi connectivity index (χ3v) is 2.79. The molecule has 0 radical (unpaired) electrons. The number of halogens is 3. The molecular weight excluding hydrogens is 230 g/mol. The van der Waals surface area contributed by atoms with Crippen molar-refractivity contribution < 1.29 is 0 Å². The van der Waals surface area contributed by atoms with Gasteiger partial charge in [-0.3, -0.25) is 0 Å². The Morgan fingerprint density at radius 1 is 1.46 bits per heavy atom. The molecule has 13 heavy (non-hydrogen) atoms. The molecule has 0 aliphatic rings. The minimum absolute atomic E-state index is 0.0264. The lowest BCUT2D eigenvalue weighted by atomic mass is 10.2. The molecule has 76 valence electrons. The van der Waals surface area contributed by atoms with Crippen molar-refractivity contribution in [3.63, 3.8) is 0 Å². The van der Waals surface area contributed by atoms with Gasteiger partial charge in [0, 0.05) is 17.7 Å². The van der Waals surface area contributed by atoms with Crippen molar-refractivity contribution in [2.45, 2.75) is 13.8 Å². The zero-order chi connectivity index (χ0) is 10.4. The van der Waals surface area contributed by atoms with Gasteiger partial charge in [0.05, 0.1) is 0 Å². The monoisotopic (exact) mass is 242 g/mol. The molecule has 0 rings (SSSR count). The van der Waals surface area contributed by atoms with Crippen molar-refractivity contribution in [1.29, 1.82) is 0 Å². The third kappa shape index (κ3) is 4.75. The number of allylic oxidation sites excluding steroid dienone is 1. The molecule has 1 unspecified atom stereocenters. The average Bonchev–Trinajstić information content (AvgIpc) is 2.14. The summed E-state index contributed by atoms with van der Waals surface area (Å²) in [6, 6.07) is 0. The van der Waals surface area contributed by atoms with Gasteiger partial charge in [0.25, 0.3) is 0 Å². The summed E-state index contributed by atoms with van der Waals surface area (Å²) in [6.07, 6.45) is 0. The third-order valence-electron chi connectivity index (χ3n) is 1.52. The Morgan fingerprint density at radius 2 is 2.00 bits per heavy atom. The van der Waals surface area contributed by atoms with Crippen molar-refractivity contribution in [3.05, 3.63) is 10.7 Å². The fourth-order valence-electron chi connectivity index (χ4n) is 0.453. The number of hydrogen-bond donors (Lipinski definition) is 1. The smallest absolute Gasteiger partial charge is 0.131 e. The van der Waals surface area contributed by atoms with Crippen LogP contribution in [0.1, 0.15) is 13.8 Å². The molecule has 0 spiro atoms. The molecule has 0 saturated heterocycles. The van der Waals surface area contributed by atoms with Gasteiger partial charge >= 0.3 is 0 Å². The van der Waals surface area contributed by atoms with E-state index >= 15 is 0 Å². The SMILES string of the molecule is C/C(CCl)=C(Cl)/N=C(/N)C(C)CCl. The van der Waals surface area contributed by atoms with Gasteiger partial charge in [-0.2, -0.15) is 0 Å². The first-order chi connectivity index (χ1) is 6.02. The van der Waals surface area contributed by atoms with E-state index in [1.165, 1.54) is 0 Å². The molecule has 0 aromatic rings. The van der Waals surface area contributed by atoms with Gasteiger partial charge in [-0.15, -0.1) is 23.2 Å². The number of aliphatic imine (C=N–C) groups is 1. The van der Waals surface area contributed by atoms with Crippen molar-refractivity contribution in [1.82, 2.24) is 0 Å². The van der Waals surface area contributed by atoms with Crippen LogP contribution in [-0.4, -0.2) is 17.6 Å². The fraction of sp³-hybridized carbons (Fsp3) is 0.625. The van der Waals surface area contributed by atoms with E-state index in [9.17, 15) is 0 Å². The minimum Gasteiger partial charge on any atom is -0.387 e. The molecule has 0 fully saturated rings. The summed E-state index contributed by atoms with van der Waals surface area (Å²) in [4.78, 5) is 3.99. The molecule has 1 atom stereocenters. The van der Waals surface area contributed by atoms with E-state index in [0.717, 1.165) is 5.57 Å². The van der Waals surface area contributed by atoms with E-state index in [4.69, 9.17) is 40.5 Å². The molecular formula is C8H13Cl3N2. The van der Waals surface area contributed by atoms with Crippen LogP contribution >= 0.6 is 34.8 Å². The summed E-state index contributed by atoms with van der Waals surface area (Å²) >= 11 is 17.0. The van der Waals surface area contributed by atoms with Gasteiger partial charge in [-0.1, -0.05) is 18.5 Å². The maximum Gasteiger partial charge on any atom is 0.131 e. The molecule has 0 aliphatic carbocycles. The van der Waals surface area contributed by atoms with Crippen molar-refractivity contribution >= 4 is 40.6 Å². The van der Waals surface area contributed by atoms with Crippen LogP contribution in [0.3, 0.4) is 0 Å². The van der Waals surface area contributed by atoms with E-state index in [-0.39, 0.29) is 5.92 Å². The summed E-state index contributed by atoms with van der Waals surface area (Å²) in [5.41, 5.74) is 6.42. The van der Waals surface area contributed by atoms with Crippen LogP contribution in [0.15, 0.2) is 15.7 Å². The molecule has 2 nitrogen and oxygen atoms in total. The first-order valence-corrected chi connectivity index (χ1v) is 5.28. The Bertz CT molecular complexity index is 223. The summed E-state index contributed by atoms with van der Waals surface area (Å²) < 4.78 is 0. The van der Waals surface area contributed by atoms with Crippen LogP contribution in [0, 0.1) is 5.92 Å². The van der Waals surface area contributed by atoms with Crippen molar-refractivity contribution in [2.75, 3.05) is 11.8 Å². The Balaban J connectivity index is 4.56. The lowest BCUT2D eigenvalue weighted by Crippen LogP contribution is -2.22. The second-order valence-corrected chi connectivity index (χ2v) is 3.73. The maximum atomic E-state index is 5.81. The van der Waals surface area contributed by atoms with Gasteiger partial charge < -0.3 is 5.73 Å². The maximum absolute atomic E-state index is 5.81. The number of hydrogen-bond acceptors (Lipinski definition) is 1. The van der Waals surface area contributed by atoms with Gasteiger partial charge in [0.1, 0.15) is 11.0 Å². The Hall–Kier alpha value is 0.0800. The van der Waals surface area contributed by atoms with Gasteiger partial charge in [-0.25, -0.2) is 4.99 Å². The normalized spacial score (nSPS) is 16.8. The zero-order valence-electron chi connectivity index (χ0n) is 7.65. The fourth-order valence-corrected chi connectivity index (χ4v) is 0.971. The average molecular weight is 244 g/mol. The second-order valence-electron chi connectivity index (χ2n) is 2.80. The molecule has 0 amide bonds. The van der Waals surface area contributed by atoms with Gasteiger partial charge in [-0.05, 0) is 12.5 Å². The predicted molar refractivity (Wildman–Crippen MR) is 60.8 cm³/mol. The highest BCUT2D eigenvalue weighted by atomic mass is 35.5. The van der Waals surface area contributed by atoms with Crippen LogP contribution in [0.2, 0.25) is 0 Å². The Morgan fingerprint density at radius 3 is 2.38 bits per heavy atom. The number of nitrogens with zero attached hydrogens (tertiary/aromatic N) is 1. The molecule has 0 aromatic heterocycles. The Kier molecular flexibility index (Phi) is 6.56. The molecule has 0 heterocycles. The molecule has 0 aromatic carbocycles. The number of nitrogens with two attached hydrogens (primary N) is 1. The predicted octanol–water partition coefficient (Wildman–Crippen LogP) is 2.93. The van der Waals surface area contributed by atoms with Gasteiger partial charge in [0.15, 0.2) is 0 Å². The summed E-state index contributed by atoms with van der Waals surface area (Å²) in [5.74, 6) is 1.24. The molecule has 0 saturated carbocycles. The zero-order valence-corrected chi connectivity index (χ0v) is 9.92. The minimum atomic E-state index is 0.0264. The molecule has 5 heteroatoms. The highest BCUT2D eigenvalue weighted by Crippen LogP contribution is 2.13. The van der Waals surface area contributed by atoms with E-state index in [1.54, 1.807) is 6.92 Å². The van der Waals surface area contributed by atoms with Crippen molar-refractivity contribution in [3.8, 4) is 0 Å². The molecule has 0 bridgehead atoms. The second kappa shape index (κ2) is 6.52. The number of alkyl halides is 2. The van der Waals surface area contributed by atoms with Crippen LogP contribution in [0.4, 0.5) is 0 Å². The Labute approximate surface area is 93.7 Å². The topological polar surface area (TPSA) is 38.4 Å². The highest BCUT2D eigenvalue weighted by Gasteiger charge is 2.06. The summed E-state index contributed by atoms with van der Waals surface area (Å²) in [7, 11) is 0. The van der Waals surface area contributed by atoms with E-state index in [1.807, 2.05) is 6.92 Å². The quantitative estimate of drug-likeness (QED) is 0.351. The highest BCUT2D eigenvalue weighted by molar-refractivity contribution is 6.31. The first-order valence-electron chi connectivity index (χ1n) is 3.84.